The van der Waals surface area contributed by atoms with E-state index in [1.807, 2.05) is 0 Å². The van der Waals surface area contributed by atoms with Crippen molar-refractivity contribution in [1.82, 2.24) is 4.57 Å². The van der Waals surface area contributed by atoms with Gasteiger partial charge in [-0.15, -0.1) is 22.7 Å². The van der Waals surface area contributed by atoms with Gasteiger partial charge in [-0.3, -0.25) is 0 Å². The highest BCUT2D eigenvalue weighted by atomic mass is 32.1. The molecule has 0 aliphatic rings. The molecule has 4 aromatic rings. The predicted octanol–water partition coefficient (Wildman–Crippen LogP) is 6.55. The summed E-state index contributed by atoms with van der Waals surface area (Å²) < 4.78 is 2.47. The molecule has 0 spiro atoms. The molecule has 4 rings (SSSR count). The number of hydrogen-bond acceptors (Lipinski definition) is 2. The molecular weight excluding hydrogens is 318 g/mol. The molecule has 0 unspecified atom stereocenters. The summed E-state index contributed by atoms with van der Waals surface area (Å²) in [5.74, 6) is 0. The standard InChI is InChI=1S/C20H17NS2/c1-15(16-7-3-2-4-8-16)21-17(19-9-5-13-22-19)11-12-18(21)20-10-6-14-23-20/h2-15H,1H3/t15-/m1/s1. The van der Waals surface area contributed by atoms with Gasteiger partial charge in [0, 0.05) is 0 Å². The number of thiophene rings is 2. The molecule has 0 N–H and O–H groups in total. The molecule has 0 aliphatic heterocycles. The van der Waals surface area contributed by atoms with E-state index in [9.17, 15) is 0 Å². The monoisotopic (exact) mass is 335 g/mol. The van der Waals surface area contributed by atoms with Gasteiger partial charge in [-0.2, -0.15) is 0 Å². The van der Waals surface area contributed by atoms with Gasteiger partial charge >= 0.3 is 0 Å². The van der Waals surface area contributed by atoms with Crippen LogP contribution >= 0.6 is 22.7 Å². The minimum atomic E-state index is 0.292. The first-order valence-corrected chi connectivity index (χ1v) is 9.44. The summed E-state index contributed by atoms with van der Waals surface area (Å²) in [5, 5.41) is 4.29. The van der Waals surface area contributed by atoms with Crippen molar-refractivity contribution in [3.8, 4) is 21.1 Å². The molecule has 1 atom stereocenters. The van der Waals surface area contributed by atoms with E-state index in [4.69, 9.17) is 0 Å². The Kier molecular flexibility index (Phi) is 3.90. The van der Waals surface area contributed by atoms with Crippen molar-refractivity contribution in [2.24, 2.45) is 0 Å². The summed E-state index contributed by atoms with van der Waals surface area (Å²) >= 11 is 3.59. The molecule has 3 heterocycles. The van der Waals surface area contributed by atoms with Gasteiger partial charge in [-0.1, -0.05) is 42.5 Å². The fourth-order valence-corrected chi connectivity index (χ4v) is 4.49. The van der Waals surface area contributed by atoms with E-state index >= 15 is 0 Å². The van der Waals surface area contributed by atoms with Crippen molar-refractivity contribution in [3.05, 3.63) is 83.1 Å². The van der Waals surface area contributed by atoms with Gasteiger partial charge in [0.2, 0.25) is 0 Å². The Labute approximate surface area is 144 Å². The summed E-state index contributed by atoms with van der Waals surface area (Å²) in [7, 11) is 0. The van der Waals surface area contributed by atoms with Crippen molar-refractivity contribution in [1.29, 1.82) is 0 Å². The topological polar surface area (TPSA) is 4.93 Å². The maximum atomic E-state index is 2.47. The van der Waals surface area contributed by atoms with Crippen LogP contribution in [0, 0.1) is 0 Å². The van der Waals surface area contributed by atoms with Gasteiger partial charge in [0.1, 0.15) is 0 Å². The second-order valence-electron chi connectivity index (χ2n) is 5.52. The molecule has 3 aromatic heterocycles. The van der Waals surface area contributed by atoms with Gasteiger partial charge in [0.05, 0.1) is 27.2 Å². The molecule has 0 saturated heterocycles. The summed E-state index contributed by atoms with van der Waals surface area (Å²) in [5.41, 5.74) is 3.92. The lowest BCUT2D eigenvalue weighted by Gasteiger charge is -2.20. The third-order valence-electron chi connectivity index (χ3n) is 4.13. The van der Waals surface area contributed by atoms with Gasteiger partial charge in [0.25, 0.3) is 0 Å². The highest BCUT2D eigenvalue weighted by molar-refractivity contribution is 7.14. The van der Waals surface area contributed by atoms with Gasteiger partial charge in [-0.25, -0.2) is 0 Å². The Hall–Kier alpha value is -2.10. The minimum absolute atomic E-state index is 0.292. The third-order valence-corrected chi connectivity index (χ3v) is 5.92. The average molecular weight is 335 g/mol. The second-order valence-corrected chi connectivity index (χ2v) is 7.41. The molecule has 0 radical (unpaired) electrons. The van der Waals surface area contributed by atoms with Crippen LogP contribution in [0.5, 0.6) is 0 Å². The molecule has 23 heavy (non-hydrogen) atoms. The van der Waals surface area contributed by atoms with E-state index in [2.05, 4.69) is 89.0 Å². The van der Waals surface area contributed by atoms with E-state index in [0.717, 1.165) is 0 Å². The van der Waals surface area contributed by atoms with Crippen LogP contribution in [0.25, 0.3) is 21.1 Å². The SMILES string of the molecule is C[C@H](c1ccccc1)n1c(-c2cccs2)ccc1-c1cccs1. The number of benzene rings is 1. The number of aromatic nitrogens is 1. The highest BCUT2D eigenvalue weighted by Crippen LogP contribution is 2.37. The third kappa shape index (κ3) is 2.67. The molecule has 0 aliphatic carbocycles. The first-order valence-electron chi connectivity index (χ1n) is 7.68. The van der Waals surface area contributed by atoms with Gasteiger partial charge in [0.15, 0.2) is 0 Å². The molecular formula is C20H17NS2. The lowest BCUT2D eigenvalue weighted by Crippen LogP contribution is -2.09. The first-order chi connectivity index (χ1) is 11.3. The zero-order valence-corrected chi connectivity index (χ0v) is 14.5. The Bertz CT molecular complexity index is 820. The van der Waals surface area contributed by atoms with Crippen molar-refractivity contribution in [2.75, 3.05) is 0 Å². The Morgan fingerprint density at radius 2 is 1.26 bits per heavy atom. The van der Waals surface area contributed by atoms with E-state index in [1.54, 1.807) is 22.7 Å². The Morgan fingerprint density at radius 1 is 0.696 bits per heavy atom. The van der Waals surface area contributed by atoms with Crippen LogP contribution < -0.4 is 0 Å². The average Bonchev–Trinajstić information content (AvgIpc) is 3.33. The van der Waals surface area contributed by atoms with Crippen LogP contribution in [0.2, 0.25) is 0 Å². The van der Waals surface area contributed by atoms with Crippen LogP contribution in [0.15, 0.2) is 77.5 Å². The molecule has 114 valence electrons. The molecule has 0 amide bonds. The smallest absolute Gasteiger partial charge is 0.0592 e. The van der Waals surface area contributed by atoms with Crippen molar-refractivity contribution >= 4 is 22.7 Å². The first kappa shape index (κ1) is 14.5. The van der Waals surface area contributed by atoms with Crippen molar-refractivity contribution in [3.63, 3.8) is 0 Å². The largest absolute Gasteiger partial charge is 0.332 e. The molecule has 1 aromatic carbocycles. The molecule has 3 heteroatoms. The lowest BCUT2D eigenvalue weighted by atomic mass is 10.1. The Balaban J connectivity index is 1.90. The van der Waals surface area contributed by atoms with E-state index < -0.39 is 0 Å². The fourth-order valence-electron chi connectivity index (χ4n) is 3.00. The second kappa shape index (κ2) is 6.19. The predicted molar refractivity (Wildman–Crippen MR) is 101 cm³/mol. The van der Waals surface area contributed by atoms with Crippen LogP contribution in [-0.2, 0) is 0 Å². The van der Waals surface area contributed by atoms with E-state index in [1.165, 1.54) is 26.7 Å². The quantitative estimate of drug-likeness (QED) is 0.398. The fraction of sp³-hybridized carbons (Fsp3) is 0.100. The number of nitrogens with zero attached hydrogens (tertiary/aromatic N) is 1. The number of hydrogen-bond donors (Lipinski definition) is 0. The number of rotatable bonds is 4. The molecule has 1 nitrogen and oxygen atoms in total. The normalized spacial score (nSPS) is 12.4. The van der Waals surface area contributed by atoms with Gasteiger partial charge < -0.3 is 4.57 Å². The van der Waals surface area contributed by atoms with Crippen molar-refractivity contribution < 1.29 is 0 Å². The zero-order valence-electron chi connectivity index (χ0n) is 12.8. The molecule has 0 saturated carbocycles. The van der Waals surface area contributed by atoms with Crippen LogP contribution in [-0.4, -0.2) is 4.57 Å². The van der Waals surface area contributed by atoms with E-state index in [-0.39, 0.29) is 0 Å². The summed E-state index contributed by atoms with van der Waals surface area (Å²) in [6, 6.07) is 24.2. The molecule has 0 fully saturated rings. The van der Waals surface area contributed by atoms with Crippen molar-refractivity contribution in [2.45, 2.75) is 13.0 Å². The maximum Gasteiger partial charge on any atom is 0.0592 e. The van der Waals surface area contributed by atoms with Crippen LogP contribution in [0.3, 0.4) is 0 Å². The summed E-state index contributed by atoms with van der Waals surface area (Å²) in [6.07, 6.45) is 0. The summed E-state index contributed by atoms with van der Waals surface area (Å²) in [6.45, 7) is 2.28. The van der Waals surface area contributed by atoms with E-state index in [0.29, 0.717) is 6.04 Å². The van der Waals surface area contributed by atoms with Crippen LogP contribution in [0.4, 0.5) is 0 Å². The lowest BCUT2D eigenvalue weighted by molar-refractivity contribution is 0.657. The van der Waals surface area contributed by atoms with Gasteiger partial charge in [-0.05, 0) is 47.5 Å². The minimum Gasteiger partial charge on any atom is -0.332 e. The Morgan fingerprint density at radius 3 is 1.74 bits per heavy atom. The maximum absolute atomic E-state index is 2.47. The molecule has 0 bridgehead atoms. The highest BCUT2D eigenvalue weighted by Gasteiger charge is 2.18. The van der Waals surface area contributed by atoms with Crippen LogP contribution in [0.1, 0.15) is 18.5 Å². The summed E-state index contributed by atoms with van der Waals surface area (Å²) in [4.78, 5) is 2.63. The zero-order chi connectivity index (χ0) is 15.6.